The van der Waals surface area contributed by atoms with Crippen LogP contribution >= 0.6 is 0 Å². The third-order valence-corrected chi connectivity index (χ3v) is 4.54. The number of nitrogens with one attached hydrogen (secondary N) is 1. The summed E-state index contributed by atoms with van der Waals surface area (Å²) in [6, 6.07) is 0. The maximum absolute atomic E-state index is 12.6. The third-order valence-electron chi connectivity index (χ3n) is 4.54. The van der Waals surface area contributed by atoms with E-state index in [2.05, 4.69) is 11.9 Å². The molecule has 6 heteroatoms. The predicted molar refractivity (Wildman–Crippen MR) is 79.9 cm³/mol. The molecule has 124 valence electrons. The second-order valence-corrected chi connectivity index (χ2v) is 6.06. The minimum atomic E-state index is -1.58. The van der Waals surface area contributed by atoms with E-state index in [1.54, 1.807) is 0 Å². The summed E-state index contributed by atoms with van der Waals surface area (Å²) in [6.45, 7) is 8.40. The summed E-state index contributed by atoms with van der Waals surface area (Å²) in [4.78, 5) is 24.8. The fourth-order valence-electron chi connectivity index (χ4n) is 2.82. The van der Waals surface area contributed by atoms with Gasteiger partial charge >= 0.3 is 0 Å². The van der Waals surface area contributed by atoms with Crippen LogP contribution in [0.2, 0.25) is 0 Å². The molecule has 2 fully saturated rings. The van der Waals surface area contributed by atoms with Crippen molar-refractivity contribution in [3.63, 3.8) is 0 Å². The van der Waals surface area contributed by atoms with Crippen LogP contribution in [0.4, 0.5) is 0 Å². The average molecular weight is 311 g/mol. The number of methoxy groups -OCH3 is 1. The molecule has 6 nitrogen and oxygen atoms in total. The highest BCUT2D eigenvalue weighted by Gasteiger charge is 2.50. The molecule has 0 aromatic heterocycles. The Labute approximate surface area is 131 Å². The van der Waals surface area contributed by atoms with Crippen molar-refractivity contribution in [2.24, 2.45) is 5.92 Å². The Kier molecular flexibility index (Phi) is 5.36. The zero-order valence-electron chi connectivity index (χ0n) is 13.5. The number of amides is 1. The fraction of sp³-hybridized carbons (Fsp3) is 0.750. The summed E-state index contributed by atoms with van der Waals surface area (Å²) in [5.74, 6) is -2.94. The van der Waals surface area contributed by atoms with Crippen LogP contribution in [0.25, 0.3) is 0 Å². The van der Waals surface area contributed by atoms with Gasteiger partial charge in [0.25, 0.3) is 11.7 Å². The van der Waals surface area contributed by atoms with Gasteiger partial charge in [-0.3, -0.25) is 9.59 Å². The molecule has 2 saturated heterocycles. The van der Waals surface area contributed by atoms with E-state index in [9.17, 15) is 9.59 Å². The highest BCUT2D eigenvalue weighted by Crippen LogP contribution is 2.36. The number of hydrogen-bond donors (Lipinski definition) is 1. The first-order chi connectivity index (χ1) is 10.4. The first-order valence-corrected chi connectivity index (χ1v) is 7.77. The Balaban J connectivity index is 2.07. The minimum absolute atomic E-state index is 0.112. The lowest BCUT2D eigenvalue weighted by Crippen LogP contribution is -2.57. The monoisotopic (exact) mass is 311 g/mol. The van der Waals surface area contributed by atoms with Gasteiger partial charge in [-0.15, -0.1) is 0 Å². The molecule has 1 amide bonds. The normalized spacial score (nSPS) is 36.0. The topological polar surface area (TPSA) is 73.9 Å². The largest absolute Gasteiger partial charge is 0.359 e. The third kappa shape index (κ3) is 3.39. The van der Waals surface area contributed by atoms with Crippen LogP contribution in [0.5, 0.6) is 0 Å². The minimum Gasteiger partial charge on any atom is -0.359 e. The summed E-state index contributed by atoms with van der Waals surface area (Å²) >= 11 is 0. The zero-order valence-corrected chi connectivity index (χ0v) is 13.5. The van der Waals surface area contributed by atoms with E-state index >= 15 is 0 Å². The maximum atomic E-state index is 12.6. The smallest absolute Gasteiger partial charge is 0.295 e. The molecule has 0 aliphatic carbocycles. The van der Waals surface area contributed by atoms with Gasteiger partial charge in [0.1, 0.15) is 6.23 Å². The standard InChI is InChI=1S/C16H25NO5/c1-10-9-16(20-4,22-12(3)11(10)2)14(18)15(19)17-13-7-5-6-8-21-13/h11-13H,1,5-9H2,2-4H3,(H,17,19)/t11-,12-,13+,16-/m1/s1. The van der Waals surface area contributed by atoms with Crippen LogP contribution in [-0.2, 0) is 23.8 Å². The molecule has 4 atom stereocenters. The van der Waals surface area contributed by atoms with E-state index in [1.807, 2.05) is 13.8 Å². The lowest BCUT2D eigenvalue weighted by Gasteiger charge is -2.41. The molecule has 2 aliphatic rings. The van der Waals surface area contributed by atoms with Gasteiger partial charge < -0.3 is 19.5 Å². The number of ether oxygens (including phenoxy) is 3. The fourth-order valence-corrected chi connectivity index (χ4v) is 2.82. The van der Waals surface area contributed by atoms with E-state index in [0.29, 0.717) is 13.0 Å². The lowest BCUT2D eigenvalue weighted by molar-refractivity contribution is -0.248. The van der Waals surface area contributed by atoms with E-state index in [4.69, 9.17) is 14.2 Å². The van der Waals surface area contributed by atoms with Crippen molar-refractivity contribution in [1.29, 1.82) is 0 Å². The van der Waals surface area contributed by atoms with Gasteiger partial charge in [-0.25, -0.2) is 0 Å². The number of ketones is 1. The highest BCUT2D eigenvalue weighted by atomic mass is 16.7. The Morgan fingerprint density at radius 3 is 2.64 bits per heavy atom. The van der Waals surface area contributed by atoms with E-state index < -0.39 is 23.7 Å². The van der Waals surface area contributed by atoms with Gasteiger partial charge in [-0.2, -0.15) is 0 Å². The van der Waals surface area contributed by atoms with Gasteiger partial charge in [0.15, 0.2) is 0 Å². The van der Waals surface area contributed by atoms with Gasteiger partial charge in [-0.05, 0) is 26.2 Å². The summed E-state index contributed by atoms with van der Waals surface area (Å²) in [6.07, 6.45) is 2.18. The maximum Gasteiger partial charge on any atom is 0.295 e. The van der Waals surface area contributed by atoms with Gasteiger partial charge in [0.2, 0.25) is 5.79 Å². The van der Waals surface area contributed by atoms with Crippen molar-refractivity contribution < 1.29 is 23.8 Å². The summed E-state index contributed by atoms with van der Waals surface area (Å²) in [7, 11) is 1.37. The first kappa shape index (κ1) is 17.1. The zero-order chi connectivity index (χ0) is 16.3. The van der Waals surface area contributed by atoms with Crippen LogP contribution in [0.1, 0.15) is 39.5 Å². The van der Waals surface area contributed by atoms with Crippen LogP contribution in [0.15, 0.2) is 12.2 Å². The van der Waals surface area contributed by atoms with Crippen molar-refractivity contribution in [2.45, 2.75) is 57.6 Å². The van der Waals surface area contributed by atoms with Crippen LogP contribution in [0.3, 0.4) is 0 Å². The Bertz CT molecular complexity index is 457. The Hall–Kier alpha value is -1.24. The van der Waals surface area contributed by atoms with Crippen molar-refractivity contribution in [3.8, 4) is 0 Å². The molecule has 2 rings (SSSR count). The molecule has 0 unspecified atom stereocenters. The van der Waals surface area contributed by atoms with E-state index in [1.165, 1.54) is 7.11 Å². The van der Waals surface area contributed by atoms with Crippen molar-refractivity contribution in [1.82, 2.24) is 5.32 Å². The SMILES string of the molecule is C=C1C[C@](OC)(C(=O)C(=O)N[C@@H]2CCCCO2)O[C@H](C)[C@@H]1C. The molecule has 22 heavy (non-hydrogen) atoms. The molecule has 0 aromatic rings. The van der Waals surface area contributed by atoms with Crippen molar-refractivity contribution in [3.05, 3.63) is 12.2 Å². The number of carbonyl (C=O) groups excluding carboxylic acids is 2. The van der Waals surface area contributed by atoms with Crippen molar-refractivity contribution >= 4 is 11.7 Å². The summed E-state index contributed by atoms with van der Waals surface area (Å²) in [5.41, 5.74) is 0.843. The predicted octanol–water partition coefficient (Wildman–Crippen LogP) is 1.54. The molecule has 1 N–H and O–H groups in total. The number of hydrogen-bond acceptors (Lipinski definition) is 5. The first-order valence-electron chi connectivity index (χ1n) is 7.77. The lowest BCUT2D eigenvalue weighted by atomic mass is 9.86. The van der Waals surface area contributed by atoms with Crippen LogP contribution in [-0.4, -0.2) is 43.5 Å². The molecular formula is C16H25NO5. The molecule has 0 bridgehead atoms. The van der Waals surface area contributed by atoms with E-state index in [0.717, 1.165) is 18.4 Å². The van der Waals surface area contributed by atoms with Gasteiger partial charge in [-0.1, -0.05) is 19.1 Å². The molecule has 0 spiro atoms. The molecule has 0 aromatic carbocycles. The van der Waals surface area contributed by atoms with Crippen molar-refractivity contribution in [2.75, 3.05) is 13.7 Å². The average Bonchev–Trinajstić information content (AvgIpc) is 2.52. The van der Waals surface area contributed by atoms with Gasteiger partial charge in [0.05, 0.1) is 6.10 Å². The van der Waals surface area contributed by atoms with Gasteiger partial charge in [0, 0.05) is 26.1 Å². The second-order valence-electron chi connectivity index (χ2n) is 6.06. The number of Topliss-reactive ketones (excluding diaryl/α,β-unsaturated/α-hetero) is 1. The molecule has 0 radical (unpaired) electrons. The van der Waals surface area contributed by atoms with Crippen LogP contribution < -0.4 is 5.32 Å². The quantitative estimate of drug-likeness (QED) is 0.630. The number of rotatable bonds is 4. The summed E-state index contributed by atoms with van der Waals surface area (Å²) in [5, 5.41) is 2.62. The second kappa shape index (κ2) is 6.89. The summed E-state index contributed by atoms with van der Waals surface area (Å²) < 4.78 is 16.5. The molecule has 2 aliphatic heterocycles. The Morgan fingerprint density at radius 2 is 2.09 bits per heavy atom. The highest BCUT2D eigenvalue weighted by molar-refractivity contribution is 6.39. The molecule has 0 saturated carbocycles. The Morgan fingerprint density at radius 1 is 1.36 bits per heavy atom. The van der Waals surface area contributed by atoms with E-state index in [-0.39, 0.29) is 18.4 Å². The van der Waals surface area contributed by atoms with Crippen LogP contribution in [0, 0.1) is 5.92 Å². The molecular weight excluding hydrogens is 286 g/mol. The number of carbonyl (C=O) groups is 2. The molecule has 2 heterocycles.